The first kappa shape index (κ1) is 16.5. The average molecular weight is 324 g/mol. The van der Waals surface area contributed by atoms with Crippen LogP contribution in [-0.4, -0.2) is 60.8 Å². The molecule has 0 atom stereocenters. The fourth-order valence-corrected chi connectivity index (χ4v) is 4.04. The molecule has 0 bridgehead atoms. The summed E-state index contributed by atoms with van der Waals surface area (Å²) < 4.78 is 5.48. The number of carbonyl (C=O) groups excluding carboxylic acids is 2. The van der Waals surface area contributed by atoms with Gasteiger partial charge < -0.3 is 21.1 Å². The minimum atomic E-state index is -0.757. The molecule has 7 nitrogen and oxygen atoms in total. The SMILES string of the molecule is NC(=O)NC1(C(=O)NCC2(N3CCOCC3)CCCCC2)CC1. The summed E-state index contributed by atoms with van der Waals surface area (Å²) in [7, 11) is 0. The van der Waals surface area contributed by atoms with Gasteiger partial charge in [-0.25, -0.2) is 4.79 Å². The summed E-state index contributed by atoms with van der Waals surface area (Å²) in [6.45, 7) is 4.04. The predicted octanol–water partition coefficient (Wildman–Crippen LogP) is 0.339. The molecule has 3 aliphatic rings. The van der Waals surface area contributed by atoms with Crippen LogP contribution in [0.2, 0.25) is 0 Å². The van der Waals surface area contributed by atoms with E-state index in [1.54, 1.807) is 0 Å². The van der Waals surface area contributed by atoms with Crippen LogP contribution >= 0.6 is 0 Å². The topological polar surface area (TPSA) is 96.7 Å². The van der Waals surface area contributed by atoms with E-state index in [4.69, 9.17) is 10.5 Å². The highest BCUT2D eigenvalue weighted by atomic mass is 16.5. The molecule has 1 heterocycles. The molecule has 0 unspecified atom stereocenters. The Balaban J connectivity index is 1.62. The summed E-state index contributed by atoms with van der Waals surface area (Å²) in [5.41, 5.74) is 4.47. The van der Waals surface area contributed by atoms with Gasteiger partial charge in [-0.2, -0.15) is 0 Å². The highest BCUT2D eigenvalue weighted by molar-refractivity contribution is 5.93. The lowest BCUT2D eigenvalue weighted by Gasteiger charge is -2.48. The van der Waals surface area contributed by atoms with Gasteiger partial charge in [0.1, 0.15) is 5.54 Å². The van der Waals surface area contributed by atoms with Crippen LogP contribution in [0.3, 0.4) is 0 Å². The van der Waals surface area contributed by atoms with E-state index in [0.717, 1.165) is 39.1 Å². The van der Waals surface area contributed by atoms with Gasteiger partial charge in [-0.3, -0.25) is 9.69 Å². The largest absolute Gasteiger partial charge is 0.379 e. The molecule has 2 saturated carbocycles. The van der Waals surface area contributed by atoms with Gasteiger partial charge in [-0.15, -0.1) is 0 Å². The lowest BCUT2D eigenvalue weighted by molar-refractivity contribution is -0.125. The van der Waals surface area contributed by atoms with Crippen molar-refractivity contribution in [2.45, 2.75) is 56.0 Å². The molecule has 1 saturated heterocycles. The number of morpholine rings is 1. The smallest absolute Gasteiger partial charge is 0.313 e. The van der Waals surface area contributed by atoms with E-state index < -0.39 is 11.6 Å². The van der Waals surface area contributed by atoms with Crippen molar-refractivity contribution in [3.63, 3.8) is 0 Å². The summed E-state index contributed by atoms with van der Waals surface area (Å²) in [6.07, 6.45) is 7.26. The van der Waals surface area contributed by atoms with Crippen molar-refractivity contribution in [2.75, 3.05) is 32.8 Å². The van der Waals surface area contributed by atoms with Crippen LogP contribution in [0.4, 0.5) is 4.79 Å². The molecule has 0 spiro atoms. The third kappa shape index (κ3) is 3.61. The molecule has 3 amide bonds. The Bertz CT molecular complexity index is 452. The third-order valence-electron chi connectivity index (χ3n) is 5.59. The molecule has 23 heavy (non-hydrogen) atoms. The number of rotatable bonds is 5. The lowest BCUT2D eigenvalue weighted by atomic mass is 9.79. The van der Waals surface area contributed by atoms with Crippen molar-refractivity contribution in [1.29, 1.82) is 0 Å². The van der Waals surface area contributed by atoms with E-state index in [-0.39, 0.29) is 11.4 Å². The van der Waals surface area contributed by atoms with Crippen LogP contribution < -0.4 is 16.4 Å². The molecule has 0 aromatic heterocycles. The highest BCUT2D eigenvalue weighted by Crippen LogP contribution is 2.37. The summed E-state index contributed by atoms with van der Waals surface area (Å²) in [6, 6.07) is -0.627. The Morgan fingerprint density at radius 2 is 1.70 bits per heavy atom. The number of ether oxygens (including phenoxy) is 1. The van der Waals surface area contributed by atoms with Gasteiger partial charge in [-0.05, 0) is 25.7 Å². The van der Waals surface area contributed by atoms with Crippen molar-refractivity contribution in [3.05, 3.63) is 0 Å². The van der Waals surface area contributed by atoms with E-state index in [9.17, 15) is 9.59 Å². The highest BCUT2D eigenvalue weighted by Gasteiger charge is 2.51. The number of carbonyl (C=O) groups is 2. The number of nitrogens with zero attached hydrogens (tertiary/aromatic N) is 1. The Labute approximate surface area is 137 Å². The zero-order chi connectivity index (χ0) is 16.3. The van der Waals surface area contributed by atoms with E-state index in [1.807, 2.05) is 0 Å². The van der Waals surface area contributed by atoms with Crippen LogP contribution in [0, 0.1) is 0 Å². The number of primary amides is 1. The Kier molecular flexibility index (Phi) is 4.77. The Morgan fingerprint density at radius 3 is 2.26 bits per heavy atom. The maximum Gasteiger partial charge on any atom is 0.313 e. The monoisotopic (exact) mass is 324 g/mol. The van der Waals surface area contributed by atoms with Gasteiger partial charge in [0.25, 0.3) is 0 Å². The first-order valence-electron chi connectivity index (χ1n) is 8.75. The average Bonchev–Trinajstić information content (AvgIpc) is 3.34. The number of hydrogen-bond acceptors (Lipinski definition) is 4. The summed E-state index contributed by atoms with van der Waals surface area (Å²) >= 11 is 0. The Morgan fingerprint density at radius 1 is 1.04 bits per heavy atom. The molecule has 7 heteroatoms. The molecule has 0 radical (unpaired) electrons. The van der Waals surface area contributed by atoms with Crippen molar-refractivity contribution >= 4 is 11.9 Å². The number of urea groups is 1. The molecule has 0 aromatic rings. The minimum Gasteiger partial charge on any atom is -0.379 e. The van der Waals surface area contributed by atoms with E-state index in [2.05, 4.69) is 15.5 Å². The van der Waals surface area contributed by atoms with Gasteiger partial charge in [0.2, 0.25) is 5.91 Å². The van der Waals surface area contributed by atoms with E-state index in [1.165, 1.54) is 19.3 Å². The second-order valence-corrected chi connectivity index (χ2v) is 7.14. The normalized spacial score (nSPS) is 26.3. The lowest BCUT2D eigenvalue weighted by Crippen LogP contribution is -2.61. The third-order valence-corrected chi connectivity index (χ3v) is 5.59. The first-order valence-corrected chi connectivity index (χ1v) is 8.75. The van der Waals surface area contributed by atoms with Crippen LogP contribution in [0.5, 0.6) is 0 Å². The van der Waals surface area contributed by atoms with E-state index >= 15 is 0 Å². The standard InChI is InChI=1S/C16H28N4O3/c17-14(22)19-16(6-7-16)13(21)18-12-15(4-2-1-3-5-15)20-8-10-23-11-9-20/h1-12H2,(H,18,21)(H3,17,19,22). The molecule has 130 valence electrons. The molecule has 3 fully saturated rings. The number of hydrogen-bond donors (Lipinski definition) is 3. The van der Waals surface area contributed by atoms with Gasteiger partial charge in [0.05, 0.1) is 13.2 Å². The van der Waals surface area contributed by atoms with Crippen LogP contribution in [0.1, 0.15) is 44.9 Å². The van der Waals surface area contributed by atoms with Crippen molar-refractivity contribution in [2.24, 2.45) is 5.73 Å². The molecule has 0 aromatic carbocycles. The van der Waals surface area contributed by atoms with Crippen LogP contribution in [0.15, 0.2) is 0 Å². The molecule has 1 aliphatic heterocycles. The van der Waals surface area contributed by atoms with Gasteiger partial charge in [0, 0.05) is 25.2 Å². The van der Waals surface area contributed by atoms with Crippen LogP contribution in [-0.2, 0) is 9.53 Å². The molecule has 3 rings (SSSR count). The second-order valence-electron chi connectivity index (χ2n) is 7.14. The molecule has 4 N–H and O–H groups in total. The number of amides is 3. The number of nitrogens with one attached hydrogen (secondary N) is 2. The zero-order valence-electron chi connectivity index (χ0n) is 13.7. The van der Waals surface area contributed by atoms with Gasteiger partial charge in [-0.1, -0.05) is 19.3 Å². The summed E-state index contributed by atoms with van der Waals surface area (Å²) in [4.78, 5) is 26.1. The van der Waals surface area contributed by atoms with E-state index in [0.29, 0.717) is 19.4 Å². The maximum absolute atomic E-state index is 12.5. The second kappa shape index (κ2) is 6.65. The van der Waals surface area contributed by atoms with Crippen molar-refractivity contribution in [3.8, 4) is 0 Å². The summed E-state index contributed by atoms with van der Waals surface area (Å²) in [5.74, 6) is -0.0884. The zero-order valence-corrected chi connectivity index (χ0v) is 13.7. The maximum atomic E-state index is 12.5. The Hall–Kier alpha value is -1.34. The quantitative estimate of drug-likeness (QED) is 0.679. The molecule has 2 aliphatic carbocycles. The van der Waals surface area contributed by atoms with Crippen molar-refractivity contribution < 1.29 is 14.3 Å². The summed E-state index contributed by atoms with van der Waals surface area (Å²) in [5, 5.41) is 5.71. The van der Waals surface area contributed by atoms with Crippen molar-refractivity contribution in [1.82, 2.24) is 15.5 Å². The predicted molar refractivity (Wildman–Crippen MR) is 85.9 cm³/mol. The van der Waals surface area contributed by atoms with Gasteiger partial charge in [0.15, 0.2) is 0 Å². The minimum absolute atomic E-state index is 0.0422. The molecular weight excluding hydrogens is 296 g/mol. The molecular formula is C16H28N4O3. The van der Waals surface area contributed by atoms with Gasteiger partial charge >= 0.3 is 6.03 Å². The first-order chi connectivity index (χ1) is 11.1. The fourth-order valence-electron chi connectivity index (χ4n) is 4.04. The fraction of sp³-hybridized carbons (Fsp3) is 0.875. The van der Waals surface area contributed by atoms with Crippen LogP contribution in [0.25, 0.3) is 0 Å². The number of nitrogens with two attached hydrogens (primary N) is 1.